The molecule has 0 aliphatic rings. The number of amides is 1. The molecule has 168 valence electrons. The summed E-state index contributed by atoms with van der Waals surface area (Å²) in [6.45, 7) is 8.22. The largest absolute Gasteiger partial charge is 0.493 e. The molecule has 4 aromatic rings. The van der Waals surface area contributed by atoms with Gasteiger partial charge in [0.25, 0.3) is 0 Å². The van der Waals surface area contributed by atoms with Crippen LogP contribution in [0.2, 0.25) is 5.02 Å². The quantitative estimate of drug-likeness (QED) is 0.299. The fraction of sp³-hybridized carbons (Fsp3) is 0.179. The van der Waals surface area contributed by atoms with E-state index < -0.39 is 0 Å². The van der Waals surface area contributed by atoms with E-state index in [1.54, 1.807) is 18.4 Å². The van der Waals surface area contributed by atoms with Crippen LogP contribution in [-0.2, 0) is 4.79 Å². The van der Waals surface area contributed by atoms with Gasteiger partial charge in [-0.2, -0.15) is 0 Å². The molecule has 0 saturated heterocycles. The maximum Gasteiger partial charge on any atom is 0.248 e. The highest BCUT2D eigenvalue weighted by atomic mass is 35.5. The van der Waals surface area contributed by atoms with Crippen molar-refractivity contribution in [1.29, 1.82) is 0 Å². The van der Waals surface area contributed by atoms with Crippen molar-refractivity contribution in [3.05, 3.63) is 88.6 Å². The zero-order valence-electron chi connectivity index (χ0n) is 19.2. The lowest BCUT2D eigenvalue weighted by Gasteiger charge is -2.15. The van der Waals surface area contributed by atoms with Crippen molar-refractivity contribution in [3.8, 4) is 16.9 Å². The Bertz CT molecular complexity index is 1350. The monoisotopic (exact) mass is 459 g/mol. The van der Waals surface area contributed by atoms with Crippen LogP contribution >= 0.6 is 11.6 Å². The fourth-order valence-corrected chi connectivity index (χ4v) is 4.14. The SMILES string of the molecule is CCOc1c(/C(C)=C/C(=O)Nc2cccc(Cl)c2C)cc2c(-c3ccccc3)coc2c1C. The minimum absolute atomic E-state index is 0.228. The number of benzene rings is 3. The number of anilines is 1. The van der Waals surface area contributed by atoms with Crippen molar-refractivity contribution < 1.29 is 13.9 Å². The topological polar surface area (TPSA) is 51.5 Å². The standard InChI is InChI=1S/C28H26ClNO3/c1-5-32-27-19(4)28-22(23(16-33-28)20-10-7-6-8-11-20)15-21(27)17(2)14-26(31)30-25-13-9-12-24(29)18(25)3/h6-16H,5H2,1-4H3,(H,30,31)/b17-14+. The summed E-state index contributed by atoms with van der Waals surface area (Å²) >= 11 is 6.19. The molecule has 0 bridgehead atoms. The summed E-state index contributed by atoms with van der Waals surface area (Å²) in [4.78, 5) is 12.8. The van der Waals surface area contributed by atoms with Gasteiger partial charge in [0.05, 0.1) is 12.9 Å². The number of nitrogens with one attached hydrogen (secondary N) is 1. The van der Waals surface area contributed by atoms with E-state index in [0.717, 1.165) is 50.1 Å². The van der Waals surface area contributed by atoms with Gasteiger partial charge in [-0.1, -0.05) is 48.0 Å². The van der Waals surface area contributed by atoms with Gasteiger partial charge < -0.3 is 14.5 Å². The maximum absolute atomic E-state index is 12.8. The lowest BCUT2D eigenvalue weighted by atomic mass is 9.96. The van der Waals surface area contributed by atoms with Crippen LogP contribution in [0.3, 0.4) is 0 Å². The van der Waals surface area contributed by atoms with Crippen molar-refractivity contribution in [3.63, 3.8) is 0 Å². The van der Waals surface area contributed by atoms with E-state index in [1.807, 2.05) is 64.1 Å². The van der Waals surface area contributed by atoms with E-state index in [-0.39, 0.29) is 5.91 Å². The van der Waals surface area contributed by atoms with E-state index in [0.29, 0.717) is 17.3 Å². The first kappa shape index (κ1) is 22.7. The molecule has 0 spiro atoms. The third kappa shape index (κ3) is 4.53. The Kier molecular flexibility index (Phi) is 6.57. The van der Waals surface area contributed by atoms with Crippen LogP contribution in [0.4, 0.5) is 5.69 Å². The third-order valence-electron chi connectivity index (χ3n) is 5.72. The first-order chi connectivity index (χ1) is 15.9. The van der Waals surface area contributed by atoms with Gasteiger partial charge in [-0.15, -0.1) is 0 Å². The average Bonchev–Trinajstić information content (AvgIpc) is 3.23. The van der Waals surface area contributed by atoms with Gasteiger partial charge in [-0.05, 0) is 62.6 Å². The molecule has 4 nitrogen and oxygen atoms in total. The minimum atomic E-state index is -0.228. The van der Waals surface area contributed by atoms with Gasteiger partial charge in [0.15, 0.2) is 0 Å². The van der Waals surface area contributed by atoms with Gasteiger partial charge in [-0.3, -0.25) is 4.79 Å². The zero-order valence-corrected chi connectivity index (χ0v) is 19.9. The summed E-state index contributed by atoms with van der Waals surface area (Å²) in [6.07, 6.45) is 3.37. The number of hydrogen-bond acceptors (Lipinski definition) is 3. The van der Waals surface area contributed by atoms with Gasteiger partial charge in [-0.25, -0.2) is 0 Å². The maximum atomic E-state index is 12.8. The number of furan rings is 1. The number of ether oxygens (including phenoxy) is 1. The predicted molar refractivity (Wildman–Crippen MR) is 136 cm³/mol. The highest BCUT2D eigenvalue weighted by molar-refractivity contribution is 6.31. The molecule has 3 aromatic carbocycles. The molecule has 1 N–H and O–H groups in total. The second-order valence-corrected chi connectivity index (χ2v) is 8.34. The number of aryl methyl sites for hydroxylation is 1. The Morgan fingerprint density at radius 2 is 1.85 bits per heavy atom. The molecule has 0 atom stereocenters. The average molecular weight is 460 g/mol. The van der Waals surface area contributed by atoms with Crippen molar-refractivity contribution in [2.75, 3.05) is 11.9 Å². The van der Waals surface area contributed by atoms with Crippen molar-refractivity contribution in [2.24, 2.45) is 0 Å². The van der Waals surface area contributed by atoms with Crippen molar-refractivity contribution in [2.45, 2.75) is 27.7 Å². The smallest absolute Gasteiger partial charge is 0.248 e. The molecule has 1 heterocycles. The van der Waals surface area contributed by atoms with Gasteiger partial charge in [0, 0.05) is 38.9 Å². The summed E-state index contributed by atoms with van der Waals surface area (Å²) in [5.74, 6) is 0.494. The first-order valence-corrected chi connectivity index (χ1v) is 11.3. The van der Waals surface area contributed by atoms with E-state index >= 15 is 0 Å². The Hall–Kier alpha value is -3.50. The number of rotatable bonds is 6. The Labute approximate surface area is 198 Å². The number of carbonyl (C=O) groups is 1. The van der Waals surface area contributed by atoms with Crippen molar-refractivity contribution >= 4 is 39.7 Å². The molecule has 33 heavy (non-hydrogen) atoms. The number of allylic oxidation sites excluding steroid dienone is 1. The van der Waals surface area contributed by atoms with Crippen LogP contribution < -0.4 is 10.1 Å². The molecule has 1 aromatic heterocycles. The molecular formula is C28H26ClNO3. The lowest BCUT2D eigenvalue weighted by molar-refractivity contribution is -0.111. The minimum Gasteiger partial charge on any atom is -0.493 e. The van der Waals surface area contributed by atoms with Crippen LogP contribution in [0.5, 0.6) is 5.75 Å². The van der Waals surface area contributed by atoms with Crippen LogP contribution in [0.25, 0.3) is 27.7 Å². The molecule has 0 aliphatic carbocycles. The van der Waals surface area contributed by atoms with E-state index in [9.17, 15) is 4.79 Å². The summed E-state index contributed by atoms with van der Waals surface area (Å²) in [5.41, 5.74) is 6.94. The number of hydrogen-bond donors (Lipinski definition) is 1. The summed E-state index contributed by atoms with van der Waals surface area (Å²) in [5, 5.41) is 4.52. The van der Waals surface area contributed by atoms with E-state index in [2.05, 4.69) is 17.4 Å². The normalized spacial score (nSPS) is 11.6. The van der Waals surface area contributed by atoms with E-state index in [1.165, 1.54) is 0 Å². The second-order valence-electron chi connectivity index (χ2n) is 7.93. The molecule has 0 unspecified atom stereocenters. The van der Waals surface area contributed by atoms with Crippen LogP contribution in [0.1, 0.15) is 30.5 Å². The summed E-state index contributed by atoms with van der Waals surface area (Å²) in [7, 11) is 0. The van der Waals surface area contributed by atoms with Crippen LogP contribution in [0.15, 0.2) is 71.4 Å². The van der Waals surface area contributed by atoms with Gasteiger partial charge >= 0.3 is 0 Å². The summed E-state index contributed by atoms with van der Waals surface area (Å²) in [6, 6.07) is 17.6. The number of halogens is 1. The highest BCUT2D eigenvalue weighted by Crippen LogP contribution is 2.40. The lowest BCUT2D eigenvalue weighted by Crippen LogP contribution is -2.10. The third-order valence-corrected chi connectivity index (χ3v) is 6.12. The first-order valence-electron chi connectivity index (χ1n) is 10.9. The Morgan fingerprint density at radius 1 is 1.09 bits per heavy atom. The fourth-order valence-electron chi connectivity index (χ4n) is 3.97. The predicted octanol–water partition coefficient (Wildman–Crippen LogP) is 7.81. The number of carbonyl (C=O) groups excluding carboxylic acids is 1. The highest BCUT2D eigenvalue weighted by Gasteiger charge is 2.19. The van der Waals surface area contributed by atoms with E-state index in [4.69, 9.17) is 20.8 Å². The molecule has 1 amide bonds. The Balaban J connectivity index is 1.78. The second kappa shape index (κ2) is 9.55. The zero-order chi connectivity index (χ0) is 23.5. The molecule has 4 rings (SSSR count). The van der Waals surface area contributed by atoms with Gasteiger partial charge in [0.2, 0.25) is 5.91 Å². The molecule has 0 fully saturated rings. The van der Waals surface area contributed by atoms with Crippen LogP contribution in [0, 0.1) is 13.8 Å². The molecule has 0 aliphatic heterocycles. The molecular weight excluding hydrogens is 434 g/mol. The molecule has 0 saturated carbocycles. The van der Waals surface area contributed by atoms with Crippen molar-refractivity contribution in [1.82, 2.24) is 0 Å². The number of fused-ring (bicyclic) bond motifs is 1. The Morgan fingerprint density at radius 3 is 2.58 bits per heavy atom. The van der Waals surface area contributed by atoms with Crippen LogP contribution in [-0.4, -0.2) is 12.5 Å². The van der Waals surface area contributed by atoms with Gasteiger partial charge in [0.1, 0.15) is 11.3 Å². The summed E-state index contributed by atoms with van der Waals surface area (Å²) < 4.78 is 11.9. The molecule has 5 heteroatoms. The molecule has 0 radical (unpaired) electrons.